The van der Waals surface area contributed by atoms with E-state index in [1.165, 1.54) is 12.1 Å². The maximum Gasteiger partial charge on any atom is 0.223 e. The maximum absolute atomic E-state index is 13.2. The van der Waals surface area contributed by atoms with Crippen LogP contribution in [-0.2, 0) is 6.54 Å². The third-order valence-corrected chi connectivity index (χ3v) is 3.71. The Bertz CT molecular complexity index is 761. The molecule has 1 heterocycles. The molecule has 5 heteroatoms. The van der Waals surface area contributed by atoms with Crippen LogP contribution in [0.5, 0.6) is 0 Å². The molecule has 0 radical (unpaired) electrons. The van der Waals surface area contributed by atoms with E-state index >= 15 is 0 Å². The number of hydrogen-bond donors (Lipinski definition) is 1. The van der Waals surface area contributed by atoms with Gasteiger partial charge in [-0.05, 0) is 29.8 Å². The summed E-state index contributed by atoms with van der Waals surface area (Å²) in [7, 11) is 0. The Morgan fingerprint density at radius 3 is 2.90 bits per heavy atom. The first kappa shape index (κ1) is 13.0. The maximum atomic E-state index is 13.2. The Kier molecular flexibility index (Phi) is 3.60. The summed E-state index contributed by atoms with van der Waals surface area (Å²) in [6.07, 6.45) is 1.77. The average Bonchev–Trinajstić information content (AvgIpc) is 2.48. The standard InChI is InChI=1S/C15H11BrFN3/c16-13-6-5-12(17)7-11(13)9-19-15-18-8-10-3-1-2-4-14(10)20-15/h1-8H,9H2,(H,18,19,20). The van der Waals surface area contributed by atoms with E-state index < -0.39 is 0 Å². The molecule has 0 amide bonds. The largest absolute Gasteiger partial charge is 0.350 e. The average molecular weight is 332 g/mol. The molecule has 3 nitrogen and oxygen atoms in total. The van der Waals surface area contributed by atoms with Crippen molar-refractivity contribution in [2.45, 2.75) is 6.54 Å². The third-order valence-electron chi connectivity index (χ3n) is 2.93. The first-order valence-electron chi connectivity index (χ1n) is 6.12. The predicted molar refractivity (Wildman–Crippen MR) is 81.0 cm³/mol. The second-order valence-corrected chi connectivity index (χ2v) is 5.20. The highest BCUT2D eigenvalue weighted by atomic mass is 79.9. The number of nitrogens with zero attached hydrogens (tertiary/aromatic N) is 2. The molecule has 0 unspecified atom stereocenters. The topological polar surface area (TPSA) is 37.8 Å². The van der Waals surface area contributed by atoms with Gasteiger partial charge in [-0.15, -0.1) is 0 Å². The van der Waals surface area contributed by atoms with Crippen LogP contribution in [0.3, 0.4) is 0 Å². The lowest BCUT2D eigenvalue weighted by molar-refractivity contribution is 0.625. The van der Waals surface area contributed by atoms with Crippen molar-refractivity contribution in [2.24, 2.45) is 0 Å². The van der Waals surface area contributed by atoms with Crippen LogP contribution in [0.1, 0.15) is 5.56 Å². The first-order valence-corrected chi connectivity index (χ1v) is 6.91. The molecule has 2 aromatic carbocycles. The number of halogens is 2. The third kappa shape index (κ3) is 2.77. The summed E-state index contributed by atoms with van der Waals surface area (Å²) >= 11 is 3.40. The van der Waals surface area contributed by atoms with Gasteiger partial charge >= 0.3 is 0 Å². The van der Waals surface area contributed by atoms with Crippen molar-refractivity contribution in [1.82, 2.24) is 9.97 Å². The highest BCUT2D eigenvalue weighted by Gasteiger charge is 2.03. The molecule has 0 spiro atoms. The zero-order valence-electron chi connectivity index (χ0n) is 10.5. The summed E-state index contributed by atoms with van der Waals surface area (Å²) in [5.41, 5.74) is 1.70. The predicted octanol–water partition coefficient (Wildman–Crippen LogP) is 4.14. The number of anilines is 1. The van der Waals surface area contributed by atoms with Gasteiger partial charge in [-0.25, -0.2) is 14.4 Å². The zero-order chi connectivity index (χ0) is 13.9. The monoisotopic (exact) mass is 331 g/mol. The van der Waals surface area contributed by atoms with Crippen LogP contribution < -0.4 is 5.32 Å². The van der Waals surface area contributed by atoms with Gasteiger partial charge in [0.25, 0.3) is 0 Å². The molecule has 0 aliphatic heterocycles. The van der Waals surface area contributed by atoms with Gasteiger partial charge in [-0.1, -0.05) is 34.1 Å². The van der Waals surface area contributed by atoms with Gasteiger partial charge in [0.15, 0.2) is 0 Å². The van der Waals surface area contributed by atoms with Gasteiger partial charge in [0, 0.05) is 22.6 Å². The number of fused-ring (bicyclic) bond motifs is 1. The molecule has 0 saturated carbocycles. The number of aromatic nitrogens is 2. The normalized spacial score (nSPS) is 10.7. The van der Waals surface area contributed by atoms with Crippen molar-refractivity contribution in [2.75, 3.05) is 5.32 Å². The Morgan fingerprint density at radius 1 is 1.15 bits per heavy atom. The van der Waals surface area contributed by atoms with Crippen molar-refractivity contribution in [3.63, 3.8) is 0 Å². The lowest BCUT2D eigenvalue weighted by Crippen LogP contribution is -2.04. The fourth-order valence-electron chi connectivity index (χ4n) is 1.91. The number of hydrogen-bond acceptors (Lipinski definition) is 3. The molecule has 0 aliphatic carbocycles. The van der Waals surface area contributed by atoms with Gasteiger partial charge in [0.2, 0.25) is 5.95 Å². The zero-order valence-corrected chi connectivity index (χ0v) is 12.1. The Hall–Kier alpha value is -2.01. The molecule has 3 rings (SSSR count). The Labute approximate surface area is 124 Å². The lowest BCUT2D eigenvalue weighted by Gasteiger charge is -2.07. The highest BCUT2D eigenvalue weighted by Crippen LogP contribution is 2.19. The number of benzene rings is 2. The molecule has 0 fully saturated rings. The SMILES string of the molecule is Fc1ccc(Br)c(CNc2ncc3ccccc3n2)c1. The number of rotatable bonds is 3. The Balaban J connectivity index is 1.81. The molecule has 0 bridgehead atoms. The minimum absolute atomic E-state index is 0.260. The molecule has 0 saturated heterocycles. The lowest BCUT2D eigenvalue weighted by atomic mass is 10.2. The van der Waals surface area contributed by atoms with Gasteiger partial charge in [0.05, 0.1) is 5.52 Å². The fourth-order valence-corrected chi connectivity index (χ4v) is 2.30. The van der Waals surface area contributed by atoms with Crippen LogP contribution in [0, 0.1) is 5.82 Å². The second kappa shape index (κ2) is 5.54. The number of para-hydroxylation sites is 1. The van der Waals surface area contributed by atoms with E-state index in [0.29, 0.717) is 12.5 Å². The van der Waals surface area contributed by atoms with Crippen LogP contribution in [0.25, 0.3) is 10.9 Å². The molecular formula is C15H11BrFN3. The van der Waals surface area contributed by atoms with E-state index in [1.54, 1.807) is 12.3 Å². The van der Waals surface area contributed by atoms with Gasteiger partial charge in [-0.3, -0.25) is 0 Å². The quantitative estimate of drug-likeness (QED) is 0.783. The summed E-state index contributed by atoms with van der Waals surface area (Å²) in [4.78, 5) is 8.65. The van der Waals surface area contributed by atoms with E-state index in [-0.39, 0.29) is 5.82 Å². The number of nitrogens with one attached hydrogen (secondary N) is 1. The van der Waals surface area contributed by atoms with Gasteiger partial charge < -0.3 is 5.32 Å². The smallest absolute Gasteiger partial charge is 0.223 e. The van der Waals surface area contributed by atoms with E-state index in [2.05, 4.69) is 31.2 Å². The molecule has 1 N–H and O–H groups in total. The summed E-state index contributed by atoms with van der Waals surface area (Å²) in [5.74, 6) is 0.268. The van der Waals surface area contributed by atoms with E-state index in [1.807, 2.05) is 24.3 Å². The van der Waals surface area contributed by atoms with Crippen LogP contribution in [0.15, 0.2) is 53.1 Å². The fraction of sp³-hybridized carbons (Fsp3) is 0.0667. The van der Waals surface area contributed by atoms with Gasteiger partial charge in [-0.2, -0.15) is 0 Å². The Morgan fingerprint density at radius 2 is 2.00 bits per heavy atom. The summed E-state index contributed by atoms with van der Waals surface area (Å²) in [6.45, 7) is 0.455. The highest BCUT2D eigenvalue weighted by molar-refractivity contribution is 9.10. The minimum atomic E-state index is -0.260. The second-order valence-electron chi connectivity index (χ2n) is 4.34. The van der Waals surface area contributed by atoms with Crippen molar-refractivity contribution in [3.05, 3.63) is 64.5 Å². The van der Waals surface area contributed by atoms with E-state index in [4.69, 9.17) is 0 Å². The van der Waals surface area contributed by atoms with Crippen molar-refractivity contribution in [1.29, 1.82) is 0 Å². The van der Waals surface area contributed by atoms with E-state index in [9.17, 15) is 4.39 Å². The molecular weight excluding hydrogens is 321 g/mol. The van der Waals surface area contributed by atoms with Crippen molar-refractivity contribution in [3.8, 4) is 0 Å². The molecule has 0 aliphatic rings. The van der Waals surface area contributed by atoms with Crippen molar-refractivity contribution < 1.29 is 4.39 Å². The summed E-state index contributed by atoms with van der Waals surface area (Å²) in [6, 6.07) is 12.4. The minimum Gasteiger partial charge on any atom is -0.350 e. The van der Waals surface area contributed by atoms with E-state index in [0.717, 1.165) is 20.9 Å². The van der Waals surface area contributed by atoms with Crippen LogP contribution >= 0.6 is 15.9 Å². The molecule has 1 aromatic heterocycles. The molecule has 20 heavy (non-hydrogen) atoms. The molecule has 0 atom stereocenters. The summed E-state index contributed by atoms with van der Waals surface area (Å²) in [5, 5.41) is 4.09. The van der Waals surface area contributed by atoms with Crippen molar-refractivity contribution >= 4 is 32.8 Å². The van der Waals surface area contributed by atoms with Gasteiger partial charge in [0.1, 0.15) is 5.82 Å². The summed E-state index contributed by atoms with van der Waals surface area (Å²) < 4.78 is 14.1. The molecule has 100 valence electrons. The van der Waals surface area contributed by atoms with Crippen LogP contribution in [0.2, 0.25) is 0 Å². The van der Waals surface area contributed by atoms with Crippen LogP contribution in [-0.4, -0.2) is 9.97 Å². The first-order chi connectivity index (χ1) is 9.72. The van der Waals surface area contributed by atoms with Crippen LogP contribution in [0.4, 0.5) is 10.3 Å². The molecule has 3 aromatic rings.